The van der Waals surface area contributed by atoms with Crippen LogP contribution in [0.4, 0.5) is 0 Å². The van der Waals surface area contributed by atoms with Crippen LogP contribution in [0.3, 0.4) is 0 Å². The summed E-state index contributed by atoms with van der Waals surface area (Å²) in [6.45, 7) is 1.88. The van der Waals surface area contributed by atoms with E-state index in [0.717, 1.165) is 22.3 Å². The Labute approximate surface area is 171 Å². The number of nitrogens with one attached hydrogen (secondary N) is 1. The Balaban J connectivity index is 1.81. The fourth-order valence-electron chi connectivity index (χ4n) is 2.73. The van der Waals surface area contributed by atoms with Crippen molar-refractivity contribution in [2.24, 2.45) is 0 Å². The molecule has 0 bridgehead atoms. The molecule has 0 saturated carbocycles. The van der Waals surface area contributed by atoms with Crippen LogP contribution in [0.2, 0.25) is 0 Å². The topological polar surface area (TPSA) is 63.2 Å². The molecule has 146 valence electrons. The molecule has 4 nitrogen and oxygen atoms in total. The first kappa shape index (κ1) is 20.3. The van der Waals surface area contributed by atoms with Crippen LogP contribution in [0, 0.1) is 6.92 Å². The van der Waals surface area contributed by atoms with Crippen molar-refractivity contribution >= 4 is 21.3 Å². The number of sulfone groups is 1. The molecule has 0 radical (unpaired) electrons. The maximum atomic E-state index is 12.4. The summed E-state index contributed by atoms with van der Waals surface area (Å²) in [5.74, 6) is -0.996. The molecule has 3 aromatic rings. The molecule has 3 rings (SSSR count). The van der Waals surface area contributed by atoms with Crippen LogP contribution in [0.25, 0.3) is 5.57 Å². The molecule has 0 aliphatic rings. The van der Waals surface area contributed by atoms with Gasteiger partial charge in [-0.2, -0.15) is 0 Å². The lowest BCUT2D eigenvalue weighted by Gasteiger charge is -2.06. The molecule has 0 atom stereocenters. The summed E-state index contributed by atoms with van der Waals surface area (Å²) >= 11 is 0. The normalized spacial score (nSPS) is 10.7. The minimum absolute atomic E-state index is 0.178. The molecule has 0 unspecified atom stereocenters. The van der Waals surface area contributed by atoms with Gasteiger partial charge < -0.3 is 5.32 Å². The fourth-order valence-corrected chi connectivity index (χ4v) is 3.78. The number of carbonyl (C=O) groups is 1. The predicted molar refractivity (Wildman–Crippen MR) is 115 cm³/mol. The van der Waals surface area contributed by atoms with Gasteiger partial charge in [-0.05, 0) is 30.2 Å². The third-order valence-electron chi connectivity index (χ3n) is 4.29. The molecule has 1 N–H and O–H groups in total. The lowest BCUT2D eigenvalue weighted by atomic mass is 9.99. The zero-order chi connectivity index (χ0) is 20.7. The first-order chi connectivity index (χ1) is 14.0. The molecule has 0 fully saturated rings. The van der Waals surface area contributed by atoms with Gasteiger partial charge in [0.05, 0.1) is 4.90 Å². The Bertz CT molecular complexity index is 1100. The van der Waals surface area contributed by atoms with Gasteiger partial charge in [-0.15, -0.1) is 5.73 Å². The summed E-state index contributed by atoms with van der Waals surface area (Å²) in [4.78, 5) is 12.4. The van der Waals surface area contributed by atoms with E-state index in [1.807, 2.05) is 67.6 Å². The smallest absolute Gasteiger partial charge is 0.252 e. The second-order valence-electron chi connectivity index (χ2n) is 6.51. The zero-order valence-corrected chi connectivity index (χ0v) is 16.8. The van der Waals surface area contributed by atoms with Crippen LogP contribution in [0.1, 0.15) is 16.7 Å². The van der Waals surface area contributed by atoms with Crippen molar-refractivity contribution in [1.82, 2.24) is 5.32 Å². The van der Waals surface area contributed by atoms with Gasteiger partial charge in [-0.25, -0.2) is 8.42 Å². The van der Waals surface area contributed by atoms with Crippen LogP contribution in [-0.2, 0) is 14.6 Å². The van der Waals surface area contributed by atoms with E-state index in [2.05, 4.69) is 11.0 Å². The molecule has 0 aliphatic heterocycles. The third kappa shape index (κ3) is 5.55. The molecule has 0 saturated heterocycles. The lowest BCUT2D eigenvalue weighted by molar-refractivity contribution is -0.116. The van der Waals surface area contributed by atoms with E-state index in [9.17, 15) is 13.2 Å². The van der Waals surface area contributed by atoms with Gasteiger partial charge in [0, 0.05) is 11.6 Å². The standard InChI is InChI=1S/C24H21NO3S/c1-19-12-14-22(15-13-19)29(27,28)18-25-24(26)17-16-23(20-8-4-2-5-9-20)21-10-6-3-7-11-21/h2-15,17H,18H2,1H3,(H,25,26). The van der Waals surface area contributed by atoms with Crippen LogP contribution >= 0.6 is 0 Å². The third-order valence-corrected chi connectivity index (χ3v) is 5.80. The van der Waals surface area contributed by atoms with Crippen molar-refractivity contribution < 1.29 is 13.2 Å². The van der Waals surface area contributed by atoms with Gasteiger partial charge in [0.15, 0.2) is 9.84 Å². The molecular weight excluding hydrogens is 382 g/mol. The Kier molecular flexibility index (Phi) is 6.45. The SMILES string of the molecule is Cc1ccc(S(=O)(=O)CNC(=O)C=C=C(c2ccccc2)c2ccccc2)cc1. The van der Waals surface area contributed by atoms with E-state index in [0.29, 0.717) is 0 Å². The van der Waals surface area contributed by atoms with Gasteiger partial charge >= 0.3 is 0 Å². The zero-order valence-electron chi connectivity index (χ0n) is 16.0. The molecule has 5 heteroatoms. The predicted octanol–water partition coefficient (Wildman–Crippen LogP) is 4.13. The van der Waals surface area contributed by atoms with Crippen molar-refractivity contribution in [1.29, 1.82) is 0 Å². The summed E-state index contributed by atoms with van der Waals surface area (Å²) in [5, 5.41) is 2.44. The minimum Gasteiger partial charge on any atom is -0.338 e. The maximum absolute atomic E-state index is 12.4. The minimum atomic E-state index is -3.60. The highest BCUT2D eigenvalue weighted by molar-refractivity contribution is 7.91. The molecule has 0 heterocycles. The van der Waals surface area contributed by atoms with Crippen molar-refractivity contribution in [2.75, 3.05) is 5.88 Å². The van der Waals surface area contributed by atoms with Crippen LogP contribution in [-0.4, -0.2) is 20.2 Å². The number of amides is 1. The molecule has 0 aliphatic carbocycles. The van der Waals surface area contributed by atoms with Crippen LogP contribution in [0.5, 0.6) is 0 Å². The summed E-state index contributed by atoms with van der Waals surface area (Å²) in [7, 11) is -3.60. The van der Waals surface area contributed by atoms with Crippen LogP contribution in [0.15, 0.2) is 102 Å². The second kappa shape index (κ2) is 9.20. The average molecular weight is 404 g/mol. The van der Waals surface area contributed by atoms with Crippen molar-refractivity contribution in [3.05, 3.63) is 113 Å². The first-order valence-corrected chi connectivity index (χ1v) is 10.8. The number of aryl methyl sites for hydroxylation is 1. The van der Waals surface area contributed by atoms with E-state index in [-0.39, 0.29) is 4.90 Å². The van der Waals surface area contributed by atoms with Gasteiger partial charge in [-0.1, -0.05) is 78.4 Å². The fraction of sp³-hybridized carbons (Fsp3) is 0.0833. The largest absolute Gasteiger partial charge is 0.338 e. The summed E-state index contributed by atoms with van der Waals surface area (Å²) in [5.41, 5.74) is 6.57. The monoisotopic (exact) mass is 403 g/mol. The number of hydrogen-bond acceptors (Lipinski definition) is 3. The van der Waals surface area contributed by atoms with E-state index < -0.39 is 21.6 Å². The van der Waals surface area contributed by atoms with Gasteiger partial charge in [-0.3, -0.25) is 4.79 Å². The van der Waals surface area contributed by atoms with E-state index >= 15 is 0 Å². The van der Waals surface area contributed by atoms with Crippen molar-refractivity contribution in [2.45, 2.75) is 11.8 Å². The number of rotatable bonds is 6. The maximum Gasteiger partial charge on any atom is 0.252 e. The molecule has 0 spiro atoms. The Morgan fingerprint density at radius 1 is 0.862 bits per heavy atom. The highest BCUT2D eigenvalue weighted by Crippen LogP contribution is 2.21. The average Bonchev–Trinajstić information content (AvgIpc) is 2.74. The summed E-state index contributed by atoms with van der Waals surface area (Å²) in [6, 6.07) is 25.7. The van der Waals surface area contributed by atoms with Crippen molar-refractivity contribution in [3.8, 4) is 0 Å². The Morgan fingerprint density at radius 3 is 1.90 bits per heavy atom. The van der Waals surface area contributed by atoms with Gasteiger partial charge in [0.25, 0.3) is 5.91 Å². The van der Waals surface area contributed by atoms with E-state index in [4.69, 9.17) is 0 Å². The van der Waals surface area contributed by atoms with Crippen molar-refractivity contribution in [3.63, 3.8) is 0 Å². The van der Waals surface area contributed by atoms with Crippen LogP contribution < -0.4 is 5.32 Å². The van der Waals surface area contributed by atoms with Gasteiger partial charge in [0.2, 0.25) is 0 Å². The molecule has 1 amide bonds. The highest BCUT2D eigenvalue weighted by atomic mass is 32.2. The highest BCUT2D eigenvalue weighted by Gasteiger charge is 2.14. The molecule has 3 aromatic carbocycles. The van der Waals surface area contributed by atoms with Gasteiger partial charge in [0.1, 0.15) is 5.88 Å². The number of benzene rings is 3. The summed E-state index contributed by atoms with van der Waals surface area (Å²) < 4.78 is 24.7. The second-order valence-corrected chi connectivity index (χ2v) is 8.50. The van der Waals surface area contributed by atoms with E-state index in [1.54, 1.807) is 12.1 Å². The number of hydrogen-bond donors (Lipinski definition) is 1. The Morgan fingerprint density at radius 2 is 1.38 bits per heavy atom. The first-order valence-electron chi connectivity index (χ1n) is 9.10. The molecule has 29 heavy (non-hydrogen) atoms. The lowest BCUT2D eigenvalue weighted by Crippen LogP contribution is -2.28. The number of carbonyl (C=O) groups excluding carboxylic acids is 1. The summed E-state index contributed by atoms with van der Waals surface area (Å²) in [6.07, 6.45) is 1.24. The quantitative estimate of drug-likeness (QED) is 0.497. The molecular formula is C24H21NO3S. The Hall–Kier alpha value is -3.40. The molecule has 0 aromatic heterocycles. The van der Waals surface area contributed by atoms with E-state index in [1.165, 1.54) is 18.2 Å².